The van der Waals surface area contributed by atoms with Crippen LogP contribution in [-0.4, -0.2) is 15.5 Å². The molecule has 2 aromatic rings. The Morgan fingerprint density at radius 2 is 2.06 bits per heavy atom. The molecule has 3 N–H and O–H groups in total. The van der Waals surface area contributed by atoms with Crippen molar-refractivity contribution in [3.8, 4) is 0 Å². The lowest BCUT2D eigenvalue weighted by Gasteiger charge is -2.06. The van der Waals surface area contributed by atoms with Crippen LogP contribution in [0.3, 0.4) is 0 Å². The Kier molecular flexibility index (Phi) is 2.63. The standard InChI is InChI=1S/C14H19N3/c15-14(9-10-14)8-4-3-7-13-16-11-5-1-2-6-12(11)17-13/h1-2,5-6H,3-4,7-10,15H2,(H,16,17). The highest BCUT2D eigenvalue weighted by molar-refractivity contribution is 5.74. The fourth-order valence-electron chi connectivity index (χ4n) is 2.30. The first-order valence-electron chi connectivity index (χ1n) is 6.48. The van der Waals surface area contributed by atoms with Crippen LogP contribution in [0.2, 0.25) is 0 Å². The van der Waals surface area contributed by atoms with Gasteiger partial charge in [0, 0.05) is 12.0 Å². The predicted octanol–water partition coefficient (Wildman–Crippen LogP) is 2.77. The first-order chi connectivity index (χ1) is 8.25. The van der Waals surface area contributed by atoms with Crippen molar-refractivity contribution >= 4 is 11.0 Å². The van der Waals surface area contributed by atoms with Gasteiger partial charge in [0.25, 0.3) is 0 Å². The minimum absolute atomic E-state index is 0.202. The smallest absolute Gasteiger partial charge is 0.107 e. The number of rotatable bonds is 5. The third-order valence-electron chi connectivity index (χ3n) is 3.67. The summed E-state index contributed by atoms with van der Waals surface area (Å²) in [5, 5.41) is 0. The second kappa shape index (κ2) is 4.15. The number of benzene rings is 1. The topological polar surface area (TPSA) is 54.7 Å². The molecule has 17 heavy (non-hydrogen) atoms. The summed E-state index contributed by atoms with van der Waals surface area (Å²) in [5.41, 5.74) is 8.47. The Morgan fingerprint density at radius 3 is 2.82 bits per heavy atom. The molecule has 1 heterocycles. The predicted molar refractivity (Wildman–Crippen MR) is 69.8 cm³/mol. The van der Waals surface area contributed by atoms with E-state index >= 15 is 0 Å². The fourth-order valence-corrected chi connectivity index (χ4v) is 2.30. The molecule has 3 nitrogen and oxygen atoms in total. The zero-order valence-corrected chi connectivity index (χ0v) is 10.1. The number of para-hydroxylation sites is 2. The van der Waals surface area contributed by atoms with Crippen molar-refractivity contribution in [2.75, 3.05) is 0 Å². The summed E-state index contributed by atoms with van der Waals surface area (Å²) in [7, 11) is 0. The number of fused-ring (bicyclic) bond motifs is 1. The molecule has 0 spiro atoms. The number of unbranched alkanes of at least 4 members (excludes halogenated alkanes) is 1. The first kappa shape index (κ1) is 10.8. The van der Waals surface area contributed by atoms with E-state index < -0.39 is 0 Å². The maximum atomic E-state index is 6.06. The summed E-state index contributed by atoms with van der Waals surface area (Å²) in [4.78, 5) is 7.94. The lowest BCUT2D eigenvalue weighted by Crippen LogP contribution is -2.20. The number of H-pyrrole nitrogens is 1. The number of aryl methyl sites for hydroxylation is 1. The van der Waals surface area contributed by atoms with Crippen molar-refractivity contribution in [2.24, 2.45) is 5.73 Å². The average Bonchev–Trinajstić information content (AvgIpc) is 2.92. The summed E-state index contributed by atoms with van der Waals surface area (Å²) in [5.74, 6) is 1.10. The summed E-state index contributed by atoms with van der Waals surface area (Å²) < 4.78 is 0. The minimum atomic E-state index is 0.202. The molecule has 1 aromatic carbocycles. The number of aromatic amines is 1. The van der Waals surface area contributed by atoms with Gasteiger partial charge in [-0.05, 0) is 37.8 Å². The molecular formula is C14H19N3. The van der Waals surface area contributed by atoms with Gasteiger partial charge in [-0.15, -0.1) is 0 Å². The molecule has 1 fully saturated rings. The van der Waals surface area contributed by atoms with E-state index in [-0.39, 0.29) is 5.54 Å². The second-order valence-corrected chi connectivity index (χ2v) is 5.27. The Bertz CT molecular complexity index is 478. The number of nitrogens with one attached hydrogen (secondary N) is 1. The number of nitrogens with two attached hydrogens (primary N) is 1. The summed E-state index contributed by atoms with van der Waals surface area (Å²) in [6.45, 7) is 0. The largest absolute Gasteiger partial charge is 0.342 e. The van der Waals surface area contributed by atoms with E-state index in [1.165, 1.54) is 32.1 Å². The van der Waals surface area contributed by atoms with E-state index in [9.17, 15) is 0 Å². The van der Waals surface area contributed by atoms with Crippen molar-refractivity contribution in [3.63, 3.8) is 0 Å². The molecule has 0 saturated heterocycles. The van der Waals surface area contributed by atoms with Gasteiger partial charge in [0.15, 0.2) is 0 Å². The van der Waals surface area contributed by atoms with Crippen molar-refractivity contribution in [1.29, 1.82) is 0 Å². The summed E-state index contributed by atoms with van der Waals surface area (Å²) in [6.07, 6.45) is 7.04. The van der Waals surface area contributed by atoms with Gasteiger partial charge in [-0.2, -0.15) is 0 Å². The van der Waals surface area contributed by atoms with Gasteiger partial charge < -0.3 is 10.7 Å². The Hall–Kier alpha value is -1.35. The number of aromatic nitrogens is 2. The number of imidazole rings is 1. The SMILES string of the molecule is NC1(CCCCc2nc3ccccc3[nH]2)CC1. The van der Waals surface area contributed by atoms with Crippen molar-refractivity contribution in [1.82, 2.24) is 9.97 Å². The minimum Gasteiger partial charge on any atom is -0.342 e. The lowest BCUT2D eigenvalue weighted by atomic mass is 10.1. The molecule has 90 valence electrons. The van der Waals surface area contributed by atoms with Crippen LogP contribution in [0, 0.1) is 0 Å². The Labute approximate surface area is 101 Å². The molecule has 0 aliphatic heterocycles. The van der Waals surface area contributed by atoms with Gasteiger partial charge in [0.1, 0.15) is 5.82 Å². The molecule has 3 heteroatoms. The highest BCUT2D eigenvalue weighted by atomic mass is 14.9. The monoisotopic (exact) mass is 229 g/mol. The van der Waals surface area contributed by atoms with E-state index in [2.05, 4.69) is 22.1 Å². The van der Waals surface area contributed by atoms with Crippen LogP contribution in [-0.2, 0) is 6.42 Å². The van der Waals surface area contributed by atoms with Crippen molar-refractivity contribution in [2.45, 2.75) is 44.1 Å². The van der Waals surface area contributed by atoms with E-state index in [1.54, 1.807) is 0 Å². The van der Waals surface area contributed by atoms with Gasteiger partial charge in [0.2, 0.25) is 0 Å². The average molecular weight is 229 g/mol. The van der Waals surface area contributed by atoms with Gasteiger partial charge in [0.05, 0.1) is 11.0 Å². The molecule has 1 aliphatic rings. The van der Waals surface area contributed by atoms with Crippen molar-refractivity contribution in [3.05, 3.63) is 30.1 Å². The van der Waals surface area contributed by atoms with Crippen LogP contribution in [0.15, 0.2) is 24.3 Å². The number of nitrogens with zero attached hydrogens (tertiary/aromatic N) is 1. The third-order valence-corrected chi connectivity index (χ3v) is 3.67. The van der Waals surface area contributed by atoms with E-state index in [4.69, 9.17) is 5.73 Å². The molecule has 1 aromatic heterocycles. The van der Waals surface area contributed by atoms with Crippen LogP contribution >= 0.6 is 0 Å². The molecular weight excluding hydrogens is 210 g/mol. The van der Waals surface area contributed by atoms with Gasteiger partial charge in [-0.3, -0.25) is 0 Å². The quantitative estimate of drug-likeness (QED) is 0.775. The fraction of sp³-hybridized carbons (Fsp3) is 0.500. The van der Waals surface area contributed by atoms with Crippen LogP contribution in [0.5, 0.6) is 0 Å². The molecule has 0 atom stereocenters. The van der Waals surface area contributed by atoms with Gasteiger partial charge >= 0.3 is 0 Å². The van der Waals surface area contributed by atoms with Crippen LogP contribution in [0.1, 0.15) is 37.9 Å². The molecule has 0 bridgehead atoms. The number of hydrogen-bond acceptors (Lipinski definition) is 2. The maximum Gasteiger partial charge on any atom is 0.107 e. The molecule has 1 saturated carbocycles. The third kappa shape index (κ3) is 2.50. The normalized spacial score (nSPS) is 17.5. The highest BCUT2D eigenvalue weighted by Gasteiger charge is 2.36. The van der Waals surface area contributed by atoms with Crippen LogP contribution < -0.4 is 5.73 Å². The van der Waals surface area contributed by atoms with Gasteiger partial charge in [-0.1, -0.05) is 18.6 Å². The van der Waals surface area contributed by atoms with Crippen molar-refractivity contribution < 1.29 is 0 Å². The Balaban J connectivity index is 1.54. The number of hydrogen-bond donors (Lipinski definition) is 2. The first-order valence-corrected chi connectivity index (χ1v) is 6.48. The zero-order chi connectivity index (χ0) is 11.7. The van der Waals surface area contributed by atoms with Gasteiger partial charge in [-0.25, -0.2) is 4.98 Å². The Morgan fingerprint density at radius 1 is 1.24 bits per heavy atom. The van der Waals surface area contributed by atoms with E-state index in [0.29, 0.717) is 0 Å². The molecule has 0 amide bonds. The van der Waals surface area contributed by atoms with Crippen LogP contribution in [0.25, 0.3) is 11.0 Å². The maximum absolute atomic E-state index is 6.06. The highest BCUT2D eigenvalue weighted by Crippen LogP contribution is 2.36. The molecule has 0 unspecified atom stereocenters. The molecule has 3 rings (SSSR count). The molecule has 1 aliphatic carbocycles. The zero-order valence-electron chi connectivity index (χ0n) is 10.1. The lowest BCUT2D eigenvalue weighted by molar-refractivity contribution is 0.552. The summed E-state index contributed by atoms with van der Waals surface area (Å²) >= 11 is 0. The summed E-state index contributed by atoms with van der Waals surface area (Å²) in [6, 6.07) is 8.19. The van der Waals surface area contributed by atoms with E-state index in [1.807, 2.05) is 12.1 Å². The van der Waals surface area contributed by atoms with E-state index in [0.717, 1.165) is 23.3 Å². The van der Waals surface area contributed by atoms with Crippen LogP contribution in [0.4, 0.5) is 0 Å². The second-order valence-electron chi connectivity index (χ2n) is 5.27. The molecule has 0 radical (unpaired) electrons.